The van der Waals surface area contributed by atoms with Crippen LogP contribution in [0, 0.1) is 0 Å². The minimum atomic E-state index is -4.67. The summed E-state index contributed by atoms with van der Waals surface area (Å²) >= 11 is 11.0. The highest BCUT2D eigenvalue weighted by molar-refractivity contribution is 8.00. The Morgan fingerprint density at radius 2 is 1.57 bits per heavy atom. The summed E-state index contributed by atoms with van der Waals surface area (Å²) in [7, 11) is 0. The number of hydrogen-bond donors (Lipinski definition) is 1. The summed E-state index contributed by atoms with van der Waals surface area (Å²) in [5.41, 5.74) is -0.538. The van der Waals surface area contributed by atoms with Crippen molar-refractivity contribution in [3.8, 4) is 5.69 Å². The Kier molecular flexibility index (Phi) is 4.71. The van der Waals surface area contributed by atoms with E-state index in [1.54, 1.807) is 0 Å². The monoisotopic (exact) mass is 395 g/mol. The highest BCUT2D eigenvalue weighted by Crippen LogP contribution is 2.41. The van der Waals surface area contributed by atoms with Crippen LogP contribution in [0.3, 0.4) is 0 Å². The van der Waals surface area contributed by atoms with E-state index in [1.165, 1.54) is 0 Å². The van der Waals surface area contributed by atoms with Crippen molar-refractivity contribution in [2.45, 2.75) is 16.6 Å². The smallest absolute Gasteiger partial charge is 0.381 e. The second kappa shape index (κ2) is 5.99. The van der Waals surface area contributed by atoms with E-state index in [-0.39, 0.29) is 5.69 Å². The van der Waals surface area contributed by atoms with E-state index >= 15 is 0 Å². The molecule has 2 aromatic rings. The van der Waals surface area contributed by atoms with Gasteiger partial charge in [-0.15, -0.1) is 5.10 Å². The van der Waals surface area contributed by atoms with Crippen LogP contribution in [0.25, 0.3) is 5.69 Å². The third-order valence-corrected chi connectivity index (χ3v) is 3.85. The lowest BCUT2D eigenvalue weighted by Crippen LogP contribution is -2.07. The maximum atomic E-state index is 12.6. The minimum Gasteiger partial charge on any atom is -0.381 e. The van der Waals surface area contributed by atoms with Crippen LogP contribution in [0.2, 0.25) is 10.0 Å². The zero-order chi connectivity index (χ0) is 17.6. The lowest BCUT2D eigenvalue weighted by atomic mass is 10.2. The molecule has 1 aromatic carbocycles. The summed E-state index contributed by atoms with van der Waals surface area (Å²) < 4.78 is 75.9. The summed E-state index contributed by atoms with van der Waals surface area (Å²) in [4.78, 5) is -0.426. The molecule has 0 saturated heterocycles. The maximum absolute atomic E-state index is 12.6. The van der Waals surface area contributed by atoms with E-state index in [1.807, 2.05) is 0 Å². The quantitative estimate of drug-likeness (QED) is 0.547. The number of halogens is 8. The molecule has 2 N–H and O–H groups in total. The van der Waals surface area contributed by atoms with Gasteiger partial charge in [-0.05, 0) is 23.9 Å². The summed E-state index contributed by atoms with van der Waals surface area (Å²) in [5.74, 6) is -0.459. The molecule has 0 unspecified atom stereocenters. The van der Waals surface area contributed by atoms with Crippen LogP contribution in [0.15, 0.2) is 23.2 Å². The highest BCUT2D eigenvalue weighted by atomic mass is 35.5. The van der Waals surface area contributed by atoms with Crippen molar-refractivity contribution >= 4 is 40.8 Å². The van der Waals surface area contributed by atoms with E-state index in [9.17, 15) is 26.3 Å². The Balaban J connectivity index is 2.49. The van der Waals surface area contributed by atoms with Crippen molar-refractivity contribution in [1.82, 2.24) is 9.78 Å². The SMILES string of the molecule is Nc1nn(-c2c(Cl)cc(C(F)(F)F)cc2Cl)cc1SC(F)(F)F. The summed E-state index contributed by atoms with van der Waals surface area (Å²) in [6.07, 6.45) is -3.79. The molecule has 0 spiro atoms. The largest absolute Gasteiger partial charge is 0.446 e. The first kappa shape index (κ1) is 18.1. The van der Waals surface area contributed by atoms with Crippen LogP contribution in [-0.2, 0) is 6.18 Å². The second-order valence-electron chi connectivity index (χ2n) is 4.16. The van der Waals surface area contributed by atoms with E-state index in [2.05, 4.69) is 5.10 Å². The molecule has 12 heteroatoms. The Morgan fingerprint density at radius 1 is 1.04 bits per heavy atom. The molecule has 1 heterocycles. The molecule has 1 aromatic heterocycles. The molecule has 0 bridgehead atoms. The number of benzene rings is 1. The minimum absolute atomic E-state index is 0.206. The standard InChI is InChI=1S/C11H5Cl2F6N3S/c12-5-1-4(10(14,15)16)2-6(13)8(5)22-3-7(9(20)21-22)23-11(17,18)19/h1-3H,(H2,20,21). The Labute approximate surface area is 139 Å². The number of thioether (sulfide) groups is 1. The van der Waals surface area contributed by atoms with Crippen LogP contribution < -0.4 is 5.73 Å². The van der Waals surface area contributed by atoms with Gasteiger partial charge < -0.3 is 5.73 Å². The average Bonchev–Trinajstić information content (AvgIpc) is 2.66. The third kappa shape index (κ3) is 4.18. The van der Waals surface area contributed by atoms with Crippen LogP contribution in [-0.4, -0.2) is 15.3 Å². The second-order valence-corrected chi connectivity index (χ2v) is 6.08. The van der Waals surface area contributed by atoms with Gasteiger partial charge >= 0.3 is 11.7 Å². The maximum Gasteiger partial charge on any atom is 0.446 e. The first-order valence-electron chi connectivity index (χ1n) is 5.56. The van der Waals surface area contributed by atoms with Gasteiger partial charge in [0.05, 0.1) is 20.5 Å². The molecule has 126 valence electrons. The van der Waals surface area contributed by atoms with Crippen LogP contribution in [0.5, 0.6) is 0 Å². The predicted molar refractivity (Wildman–Crippen MR) is 74.9 cm³/mol. The lowest BCUT2D eigenvalue weighted by Gasteiger charge is -2.12. The molecule has 0 aliphatic rings. The van der Waals surface area contributed by atoms with Gasteiger partial charge in [0.2, 0.25) is 0 Å². The molecule has 23 heavy (non-hydrogen) atoms. The summed E-state index contributed by atoms with van der Waals surface area (Å²) in [6.45, 7) is 0. The summed E-state index contributed by atoms with van der Waals surface area (Å²) in [6, 6.07) is 1.19. The number of anilines is 1. The Hall–Kier alpha value is -1.26. The number of nitrogens with zero attached hydrogens (tertiary/aromatic N) is 2. The van der Waals surface area contributed by atoms with Crippen molar-refractivity contribution in [3.63, 3.8) is 0 Å². The molecule has 0 atom stereocenters. The van der Waals surface area contributed by atoms with Gasteiger partial charge in [-0.25, -0.2) is 4.68 Å². The van der Waals surface area contributed by atoms with Gasteiger partial charge in [0, 0.05) is 6.20 Å². The predicted octanol–water partition coefficient (Wildman–Crippen LogP) is 5.39. The van der Waals surface area contributed by atoms with Crippen molar-refractivity contribution in [2.75, 3.05) is 5.73 Å². The molecule has 0 saturated carbocycles. The van der Waals surface area contributed by atoms with Crippen LogP contribution in [0.1, 0.15) is 5.56 Å². The van der Waals surface area contributed by atoms with Gasteiger partial charge in [0.1, 0.15) is 5.69 Å². The molecular weight excluding hydrogens is 391 g/mol. The van der Waals surface area contributed by atoms with Crippen molar-refractivity contribution in [3.05, 3.63) is 33.9 Å². The highest BCUT2D eigenvalue weighted by Gasteiger charge is 2.33. The molecule has 0 aliphatic carbocycles. The van der Waals surface area contributed by atoms with Gasteiger partial charge in [0.15, 0.2) is 5.82 Å². The van der Waals surface area contributed by atoms with E-state index in [0.29, 0.717) is 12.1 Å². The molecule has 0 aliphatic heterocycles. The van der Waals surface area contributed by atoms with E-state index in [4.69, 9.17) is 28.9 Å². The van der Waals surface area contributed by atoms with E-state index in [0.717, 1.165) is 10.9 Å². The van der Waals surface area contributed by atoms with Gasteiger partial charge in [-0.1, -0.05) is 23.2 Å². The number of alkyl halides is 6. The topological polar surface area (TPSA) is 43.8 Å². The summed E-state index contributed by atoms with van der Waals surface area (Å²) in [5, 5.41) is 2.73. The Morgan fingerprint density at radius 3 is 2.00 bits per heavy atom. The fraction of sp³-hybridized carbons (Fsp3) is 0.182. The molecule has 3 nitrogen and oxygen atoms in total. The lowest BCUT2D eigenvalue weighted by molar-refractivity contribution is -0.137. The van der Waals surface area contributed by atoms with Gasteiger partial charge in [-0.2, -0.15) is 26.3 Å². The molecular formula is C11H5Cl2F6N3S. The number of hydrogen-bond acceptors (Lipinski definition) is 3. The van der Waals surface area contributed by atoms with E-state index < -0.39 is 49.8 Å². The molecule has 0 radical (unpaired) electrons. The van der Waals surface area contributed by atoms with Crippen molar-refractivity contribution < 1.29 is 26.3 Å². The fourth-order valence-corrected chi connectivity index (χ4v) is 2.84. The van der Waals surface area contributed by atoms with Gasteiger partial charge in [0.25, 0.3) is 0 Å². The fourth-order valence-electron chi connectivity index (χ4n) is 1.64. The van der Waals surface area contributed by atoms with Gasteiger partial charge in [-0.3, -0.25) is 0 Å². The number of nitrogen functional groups attached to an aromatic ring is 1. The normalized spacial score (nSPS) is 12.7. The third-order valence-electron chi connectivity index (χ3n) is 2.51. The Bertz CT molecular complexity index is 717. The number of rotatable bonds is 2. The first-order chi connectivity index (χ1) is 10.4. The first-order valence-corrected chi connectivity index (χ1v) is 7.13. The van der Waals surface area contributed by atoms with Crippen molar-refractivity contribution in [2.24, 2.45) is 0 Å². The average molecular weight is 396 g/mol. The zero-order valence-corrected chi connectivity index (χ0v) is 13.0. The zero-order valence-electron chi connectivity index (χ0n) is 10.6. The number of aromatic nitrogens is 2. The van der Waals surface area contributed by atoms with Crippen molar-refractivity contribution in [1.29, 1.82) is 0 Å². The molecule has 2 rings (SSSR count). The molecule has 0 fully saturated rings. The van der Waals surface area contributed by atoms with Crippen LogP contribution in [0.4, 0.5) is 32.2 Å². The van der Waals surface area contributed by atoms with Crippen LogP contribution >= 0.6 is 35.0 Å². The molecule has 0 amide bonds. The number of nitrogens with two attached hydrogens (primary N) is 1.